The van der Waals surface area contributed by atoms with Crippen LogP contribution in [0.15, 0.2) is 40.9 Å². The zero-order valence-corrected chi connectivity index (χ0v) is 11.1. The van der Waals surface area contributed by atoms with Crippen LogP contribution >= 0.6 is 15.9 Å². The van der Waals surface area contributed by atoms with Gasteiger partial charge >= 0.3 is 0 Å². The molecular weight excluding hydrogens is 264 g/mol. The van der Waals surface area contributed by atoms with Gasteiger partial charge in [-0.05, 0) is 41.0 Å². The minimum absolute atomic E-state index is 0.554. The Labute approximate surface area is 105 Å². The Morgan fingerprint density at radius 3 is 2.56 bits per heavy atom. The fourth-order valence-corrected chi connectivity index (χ4v) is 1.93. The molecule has 1 nitrogen and oxygen atoms in total. The van der Waals surface area contributed by atoms with Crippen LogP contribution in [0.5, 0.6) is 5.75 Å². The summed E-state index contributed by atoms with van der Waals surface area (Å²) in [6.45, 7) is 5.06. The zero-order valence-electron chi connectivity index (χ0n) is 9.53. The van der Waals surface area contributed by atoms with Crippen molar-refractivity contribution in [2.45, 2.75) is 13.8 Å². The fraction of sp³-hybridized carbons (Fsp3) is 0.286. The van der Waals surface area contributed by atoms with Gasteiger partial charge in [0, 0.05) is 4.47 Å². The van der Waals surface area contributed by atoms with Crippen LogP contribution in [0.25, 0.3) is 10.8 Å². The molecule has 0 spiro atoms. The topological polar surface area (TPSA) is 9.23 Å². The smallest absolute Gasteiger partial charge is 0.119 e. The van der Waals surface area contributed by atoms with Gasteiger partial charge in [-0.1, -0.05) is 41.9 Å². The highest BCUT2D eigenvalue weighted by Crippen LogP contribution is 2.24. The molecule has 0 unspecified atom stereocenters. The SMILES string of the molecule is CC(C)COc1ccc2ccc(Br)cc2c1. The van der Waals surface area contributed by atoms with Crippen molar-refractivity contribution >= 4 is 26.7 Å². The molecule has 84 valence electrons. The first-order valence-corrected chi connectivity index (χ1v) is 6.26. The molecule has 0 aliphatic carbocycles. The predicted octanol–water partition coefficient (Wildman–Crippen LogP) is 4.64. The molecule has 0 aliphatic heterocycles. The Morgan fingerprint density at radius 1 is 1.06 bits per heavy atom. The van der Waals surface area contributed by atoms with Gasteiger partial charge in [0.25, 0.3) is 0 Å². The molecule has 16 heavy (non-hydrogen) atoms. The van der Waals surface area contributed by atoms with Gasteiger partial charge in [0.2, 0.25) is 0 Å². The molecule has 0 N–H and O–H groups in total. The maximum atomic E-state index is 5.70. The average molecular weight is 279 g/mol. The van der Waals surface area contributed by atoms with Crippen LogP contribution in [0.1, 0.15) is 13.8 Å². The first-order valence-electron chi connectivity index (χ1n) is 5.47. The summed E-state index contributed by atoms with van der Waals surface area (Å²) in [4.78, 5) is 0. The molecule has 0 saturated heterocycles. The van der Waals surface area contributed by atoms with E-state index in [0.29, 0.717) is 5.92 Å². The first-order chi connectivity index (χ1) is 7.65. The van der Waals surface area contributed by atoms with Gasteiger partial charge in [0.1, 0.15) is 5.75 Å². The third-order valence-electron chi connectivity index (χ3n) is 2.36. The summed E-state index contributed by atoms with van der Waals surface area (Å²) in [5.74, 6) is 1.50. The molecule has 0 radical (unpaired) electrons. The van der Waals surface area contributed by atoms with Crippen LogP contribution in [-0.4, -0.2) is 6.61 Å². The van der Waals surface area contributed by atoms with E-state index in [1.165, 1.54) is 10.8 Å². The van der Waals surface area contributed by atoms with Crippen molar-refractivity contribution in [3.63, 3.8) is 0 Å². The van der Waals surface area contributed by atoms with Gasteiger partial charge in [-0.2, -0.15) is 0 Å². The molecule has 0 aromatic heterocycles. The van der Waals surface area contributed by atoms with Crippen molar-refractivity contribution in [1.82, 2.24) is 0 Å². The molecule has 0 saturated carbocycles. The number of hydrogen-bond acceptors (Lipinski definition) is 1. The predicted molar refractivity (Wildman–Crippen MR) is 72.0 cm³/mol. The highest BCUT2D eigenvalue weighted by molar-refractivity contribution is 9.10. The minimum Gasteiger partial charge on any atom is -0.493 e. The largest absolute Gasteiger partial charge is 0.493 e. The lowest BCUT2D eigenvalue weighted by Crippen LogP contribution is -2.04. The minimum atomic E-state index is 0.554. The van der Waals surface area contributed by atoms with Crippen LogP contribution in [0.4, 0.5) is 0 Å². The van der Waals surface area contributed by atoms with E-state index < -0.39 is 0 Å². The molecule has 0 bridgehead atoms. The van der Waals surface area contributed by atoms with Crippen LogP contribution < -0.4 is 4.74 Å². The van der Waals surface area contributed by atoms with Gasteiger partial charge in [-0.25, -0.2) is 0 Å². The summed E-state index contributed by atoms with van der Waals surface area (Å²) in [7, 11) is 0. The molecular formula is C14H15BrO. The van der Waals surface area contributed by atoms with E-state index in [1.807, 2.05) is 6.07 Å². The molecule has 0 fully saturated rings. The Hall–Kier alpha value is -1.02. The van der Waals surface area contributed by atoms with Crippen LogP contribution in [0, 0.1) is 5.92 Å². The molecule has 0 amide bonds. The van der Waals surface area contributed by atoms with Crippen molar-refractivity contribution in [3.8, 4) is 5.75 Å². The third-order valence-corrected chi connectivity index (χ3v) is 2.85. The maximum absolute atomic E-state index is 5.70. The summed E-state index contributed by atoms with van der Waals surface area (Å²) in [5, 5.41) is 2.44. The van der Waals surface area contributed by atoms with Crippen LogP contribution in [0.3, 0.4) is 0 Å². The molecule has 2 heteroatoms. The van der Waals surface area contributed by atoms with Crippen molar-refractivity contribution in [1.29, 1.82) is 0 Å². The van der Waals surface area contributed by atoms with Crippen molar-refractivity contribution < 1.29 is 4.74 Å². The standard InChI is InChI=1S/C14H15BrO/c1-10(2)9-16-14-6-4-11-3-5-13(15)7-12(11)8-14/h3-8,10H,9H2,1-2H3. The van der Waals surface area contributed by atoms with Gasteiger partial charge in [-0.3, -0.25) is 0 Å². The fourth-order valence-electron chi connectivity index (χ4n) is 1.55. The number of ether oxygens (including phenoxy) is 1. The lowest BCUT2D eigenvalue weighted by Gasteiger charge is -2.09. The van der Waals surface area contributed by atoms with Gasteiger partial charge in [0.15, 0.2) is 0 Å². The highest BCUT2D eigenvalue weighted by Gasteiger charge is 2.00. The highest BCUT2D eigenvalue weighted by atomic mass is 79.9. The van der Waals surface area contributed by atoms with Crippen molar-refractivity contribution in [2.75, 3.05) is 6.61 Å². The summed E-state index contributed by atoms with van der Waals surface area (Å²) >= 11 is 3.48. The van der Waals surface area contributed by atoms with E-state index in [-0.39, 0.29) is 0 Å². The summed E-state index contributed by atoms with van der Waals surface area (Å²) in [6, 6.07) is 12.5. The second-order valence-corrected chi connectivity index (χ2v) is 5.27. The molecule has 0 atom stereocenters. The van der Waals surface area contributed by atoms with Crippen molar-refractivity contribution in [3.05, 3.63) is 40.9 Å². The Bertz CT molecular complexity index is 491. The number of halogens is 1. The van der Waals surface area contributed by atoms with E-state index in [9.17, 15) is 0 Å². The molecule has 0 heterocycles. The van der Waals surface area contributed by atoms with Gasteiger partial charge in [0.05, 0.1) is 6.61 Å². The Balaban J connectivity index is 2.28. The van der Waals surface area contributed by atoms with E-state index in [2.05, 4.69) is 60.1 Å². The summed E-state index contributed by atoms with van der Waals surface area (Å²) in [6.07, 6.45) is 0. The van der Waals surface area contributed by atoms with Gasteiger partial charge in [-0.15, -0.1) is 0 Å². The second-order valence-electron chi connectivity index (χ2n) is 4.36. The Kier molecular flexibility index (Phi) is 3.49. The molecule has 2 aromatic rings. The molecule has 0 aliphatic rings. The van der Waals surface area contributed by atoms with Crippen molar-refractivity contribution in [2.24, 2.45) is 5.92 Å². The number of benzene rings is 2. The zero-order chi connectivity index (χ0) is 11.5. The summed E-state index contributed by atoms with van der Waals surface area (Å²) < 4.78 is 6.80. The van der Waals surface area contributed by atoms with Crippen LogP contribution in [-0.2, 0) is 0 Å². The molecule has 2 aromatic carbocycles. The van der Waals surface area contributed by atoms with E-state index in [0.717, 1.165) is 16.8 Å². The quantitative estimate of drug-likeness (QED) is 0.795. The van der Waals surface area contributed by atoms with Crippen LogP contribution in [0.2, 0.25) is 0 Å². The maximum Gasteiger partial charge on any atom is 0.119 e. The lowest BCUT2D eigenvalue weighted by molar-refractivity contribution is 0.271. The number of hydrogen-bond donors (Lipinski definition) is 0. The monoisotopic (exact) mass is 278 g/mol. The first kappa shape index (κ1) is 11.5. The summed E-state index contributed by atoms with van der Waals surface area (Å²) in [5.41, 5.74) is 0. The second kappa shape index (κ2) is 4.88. The lowest BCUT2D eigenvalue weighted by atomic mass is 10.1. The van der Waals surface area contributed by atoms with Gasteiger partial charge < -0.3 is 4.74 Å². The number of fused-ring (bicyclic) bond motifs is 1. The normalized spacial score (nSPS) is 11.0. The van der Waals surface area contributed by atoms with E-state index >= 15 is 0 Å². The number of rotatable bonds is 3. The van der Waals surface area contributed by atoms with E-state index in [1.54, 1.807) is 0 Å². The van der Waals surface area contributed by atoms with E-state index in [4.69, 9.17) is 4.74 Å². The molecule has 2 rings (SSSR count). The third kappa shape index (κ3) is 2.76. The Morgan fingerprint density at radius 2 is 1.81 bits per heavy atom. The average Bonchev–Trinajstić information content (AvgIpc) is 2.25.